The van der Waals surface area contributed by atoms with Crippen molar-refractivity contribution in [1.82, 2.24) is 10.2 Å². The van der Waals surface area contributed by atoms with Crippen molar-refractivity contribution in [2.24, 2.45) is 29.6 Å². The molecule has 112 valence electrons. The maximum atomic E-state index is 13.2. The molecular formula is C17H28N2O. The van der Waals surface area contributed by atoms with Crippen LogP contribution in [0.5, 0.6) is 0 Å². The van der Waals surface area contributed by atoms with Gasteiger partial charge in [0.25, 0.3) is 0 Å². The average molecular weight is 276 g/mol. The van der Waals surface area contributed by atoms with E-state index >= 15 is 0 Å². The molecular weight excluding hydrogens is 248 g/mol. The van der Waals surface area contributed by atoms with Crippen molar-refractivity contribution in [1.29, 1.82) is 0 Å². The van der Waals surface area contributed by atoms with Crippen LogP contribution in [0.1, 0.15) is 46.0 Å². The number of hydrogen-bond acceptors (Lipinski definition) is 2. The van der Waals surface area contributed by atoms with Gasteiger partial charge < -0.3 is 10.2 Å². The number of rotatable bonds is 1. The Bertz CT molecular complexity index is 370. The lowest BCUT2D eigenvalue weighted by molar-refractivity contribution is -0.154. The second kappa shape index (κ2) is 4.72. The molecule has 1 amide bonds. The molecule has 5 rings (SSSR count). The molecule has 1 saturated heterocycles. The Morgan fingerprint density at radius 3 is 1.90 bits per heavy atom. The van der Waals surface area contributed by atoms with Crippen LogP contribution in [0.4, 0.5) is 0 Å². The van der Waals surface area contributed by atoms with E-state index in [1.165, 1.54) is 32.1 Å². The summed E-state index contributed by atoms with van der Waals surface area (Å²) < 4.78 is 0. The number of piperazine rings is 1. The third kappa shape index (κ3) is 1.93. The Balaban J connectivity index is 1.56. The minimum atomic E-state index is 0.364. The SMILES string of the molecule is CC1CNCC(C)N1C(=O)C1C2CC3CC(C2)CC1C3. The molecule has 5 fully saturated rings. The lowest BCUT2D eigenvalue weighted by Crippen LogP contribution is -2.61. The average Bonchev–Trinajstić information content (AvgIpc) is 2.37. The summed E-state index contributed by atoms with van der Waals surface area (Å²) in [5.74, 6) is 4.21. The highest BCUT2D eigenvalue weighted by molar-refractivity contribution is 5.80. The van der Waals surface area contributed by atoms with Gasteiger partial charge in [-0.3, -0.25) is 4.79 Å². The normalized spacial score (nSPS) is 50.5. The minimum Gasteiger partial charge on any atom is -0.334 e. The van der Waals surface area contributed by atoms with E-state index in [2.05, 4.69) is 24.1 Å². The van der Waals surface area contributed by atoms with Gasteiger partial charge in [-0.2, -0.15) is 0 Å². The highest BCUT2D eigenvalue weighted by atomic mass is 16.2. The van der Waals surface area contributed by atoms with Crippen molar-refractivity contribution in [3.63, 3.8) is 0 Å². The van der Waals surface area contributed by atoms with E-state index in [-0.39, 0.29) is 0 Å². The molecule has 5 aliphatic rings. The molecule has 1 heterocycles. The lowest BCUT2D eigenvalue weighted by atomic mass is 9.51. The van der Waals surface area contributed by atoms with Gasteiger partial charge in [-0.25, -0.2) is 0 Å². The van der Waals surface area contributed by atoms with E-state index in [1.54, 1.807) is 0 Å². The van der Waals surface area contributed by atoms with E-state index in [4.69, 9.17) is 0 Å². The fourth-order valence-electron chi connectivity index (χ4n) is 6.07. The van der Waals surface area contributed by atoms with E-state index in [0.717, 1.165) is 24.9 Å². The predicted octanol–water partition coefficient (Wildman–Crippen LogP) is 2.27. The van der Waals surface area contributed by atoms with Crippen LogP contribution in [0, 0.1) is 29.6 Å². The van der Waals surface area contributed by atoms with Gasteiger partial charge in [0, 0.05) is 31.1 Å². The zero-order chi connectivity index (χ0) is 13.9. The van der Waals surface area contributed by atoms with E-state index in [0.29, 0.717) is 35.7 Å². The Morgan fingerprint density at radius 1 is 0.900 bits per heavy atom. The fourth-order valence-corrected chi connectivity index (χ4v) is 6.07. The largest absolute Gasteiger partial charge is 0.334 e. The first-order valence-corrected chi connectivity index (χ1v) is 8.66. The number of nitrogens with one attached hydrogen (secondary N) is 1. The van der Waals surface area contributed by atoms with Crippen LogP contribution < -0.4 is 5.32 Å². The van der Waals surface area contributed by atoms with Crippen LogP contribution in [0.3, 0.4) is 0 Å². The molecule has 0 aromatic carbocycles. The minimum absolute atomic E-state index is 0.364. The third-order valence-electron chi connectivity index (χ3n) is 6.60. The molecule has 0 aromatic heterocycles. The summed E-state index contributed by atoms with van der Waals surface area (Å²) in [6.07, 6.45) is 6.85. The van der Waals surface area contributed by atoms with E-state index in [9.17, 15) is 4.79 Å². The quantitative estimate of drug-likeness (QED) is 0.797. The number of hydrogen-bond donors (Lipinski definition) is 1. The van der Waals surface area contributed by atoms with Crippen molar-refractivity contribution in [3.05, 3.63) is 0 Å². The van der Waals surface area contributed by atoms with Crippen LogP contribution in [0.15, 0.2) is 0 Å². The molecule has 0 radical (unpaired) electrons. The first-order chi connectivity index (χ1) is 9.63. The van der Waals surface area contributed by atoms with Gasteiger partial charge in [-0.1, -0.05) is 0 Å². The van der Waals surface area contributed by atoms with Crippen molar-refractivity contribution in [2.45, 2.75) is 58.0 Å². The summed E-state index contributed by atoms with van der Waals surface area (Å²) in [5.41, 5.74) is 0. The second-order valence-electron chi connectivity index (χ2n) is 8.06. The molecule has 4 bridgehead atoms. The van der Waals surface area contributed by atoms with Gasteiger partial charge in [-0.15, -0.1) is 0 Å². The highest BCUT2D eigenvalue weighted by Gasteiger charge is 2.52. The summed E-state index contributed by atoms with van der Waals surface area (Å²) in [7, 11) is 0. The van der Waals surface area contributed by atoms with Gasteiger partial charge in [0.1, 0.15) is 0 Å². The van der Waals surface area contributed by atoms with E-state index in [1.807, 2.05) is 0 Å². The Kier molecular flexibility index (Phi) is 3.10. The highest BCUT2D eigenvalue weighted by Crippen LogP contribution is 2.57. The molecule has 4 aliphatic carbocycles. The molecule has 1 aliphatic heterocycles. The Hall–Kier alpha value is -0.570. The summed E-state index contributed by atoms with van der Waals surface area (Å²) >= 11 is 0. The van der Waals surface area contributed by atoms with Crippen molar-refractivity contribution >= 4 is 5.91 Å². The molecule has 1 N–H and O–H groups in total. The van der Waals surface area contributed by atoms with Crippen LogP contribution in [0.25, 0.3) is 0 Å². The van der Waals surface area contributed by atoms with Crippen molar-refractivity contribution < 1.29 is 4.79 Å². The zero-order valence-corrected chi connectivity index (χ0v) is 12.8. The standard InChI is InChI=1S/C17H28N2O/c1-10-8-18-9-11(2)19(10)17(20)16-14-4-12-3-13(6-14)7-15(16)5-12/h10-16,18H,3-9H2,1-2H3. The summed E-state index contributed by atoms with van der Waals surface area (Å²) in [6.45, 7) is 6.33. The zero-order valence-electron chi connectivity index (χ0n) is 12.8. The molecule has 2 atom stereocenters. The first kappa shape index (κ1) is 13.1. The monoisotopic (exact) mass is 276 g/mol. The number of carbonyl (C=O) groups is 1. The summed E-state index contributed by atoms with van der Waals surface area (Å²) in [5, 5.41) is 3.44. The Morgan fingerprint density at radius 2 is 1.40 bits per heavy atom. The summed E-state index contributed by atoms with van der Waals surface area (Å²) in [4.78, 5) is 15.4. The van der Waals surface area contributed by atoms with Crippen molar-refractivity contribution in [2.75, 3.05) is 13.1 Å². The molecule has 0 aromatic rings. The summed E-state index contributed by atoms with van der Waals surface area (Å²) in [6, 6.07) is 0.729. The van der Waals surface area contributed by atoms with Gasteiger partial charge in [0.2, 0.25) is 5.91 Å². The first-order valence-electron chi connectivity index (χ1n) is 8.66. The molecule has 4 saturated carbocycles. The maximum absolute atomic E-state index is 13.2. The molecule has 3 nitrogen and oxygen atoms in total. The molecule has 20 heavy (non-hydrogen) atoms. The topological polar surface area (TPSA) is 32.3 Å². The van der Waals surface area contributed by atoms with Crippen molar-refractivity contribution in [3.8, 4) is 0 Å². The lowest BCUT2D eigenvalue weighted by Gasteiger charge is -2.55. The second-order valence-corrected chi connectivity index (χ2v) is 8.06. The van der Waals surface area contributed by atoms with Gasteiger partial charge >= 0.3 is 0 Å². The predicted molar refractivity (Wildman–Crippen MR) is 79.2 cm³/mol. The van der Waals surface area contributed by atoms with E-state index < -0.39 is 0 Å². The van der Waals surface area contributed by atoms with Gasteiger partial charge in [-0.05, 0) is 69.6 Å². The third-order valence-corrected chi connectivity index (χ3v) is 6.60. The molecule has 0 spiro atoms. The van der Waals surface area contributed by atoms with Gasteiger partial charge in [0.15, 0.2) is 0 Å². The van der Waals surface area contributed by atoms with Crippen LogP contribution in [-0.2, 0) is 4.79 Å². The maximum Gasteiger partial charge on any atom is 0.226 e. The number of carbonyl (C=O) groups excluding carboxylic acids is 1. The van der Waals surface area contributed by atoms with Crippen LogP contribution >= 0.6 is 0 Å². The molecule has 2 unspecified atom stereocenters. The Labute approximate surface area is 122 Å². The fraction of sp³-hybridized carbons (Fsp3) is 0.941. The van der Waals surface area contributed by atoms with Crippen LogP contribution in [0.2, 0.25) is 0 Å². The smallest absolute Gasteiger partial charge is 0.226 e. The molecule has 3 heteroatoms. The van der Waals surface area contributed by atoms with Crippen LogP contribution in [-0.4, -0.2) is 36.0 Å². The van der Waals surface area contributed by atoms with Gasteiger partial charge in [0.05, 0.1) is 0 Å². The number of amides is 1. The number of nitrogens with zero attached hydrogens (tertiary/aromatic N) is 1.